The number of ether oxygens (including phenoxy) is 2. The quantitative estimate of drug-likeness (QED) is 0.244. The number of aryl methyl sites for hydroxylation is 1. The molecule has 36 heavy (non-hydrogen) atoms. The molecule has 0 unspecified atom stereocenters. The van der Waals surface area contributed by atoms with Crippen molar-refractivity contribution in [2.24, 2.45) is 0 Å². The first kappa shape index (κ1) is 24.4. The minimum atomic E-state index is -1.01. The monoisotopic (exact) mass is 488 g/mol. The molecule has 184 valence electrons. The van der Waals surface area contributed by atoms with Crippen molar-refractivity contribution in [3.05, 3.63) is 87.5 Å². The van der Waals surface area contributed by atoms with E-state index in [9.17, 15) is 20.0 Å². The molecule has 0 saturated heterocycles. The smallest absolute Gasteiger partial charge is 0.342 e. The maximum absolute atomic E-state index is 11.7. The molecule has 0 saturated carbocycles. The number of para-hydroxylation sites is 1. The molecular formula is C26H24N4O6. The molecule has 0 aliphatic rings. The highest BCUT2D eigenvalue weighted by atomic mass is 16.6. The molecule has 0 aliphatic heterocycles. The molecule has 0 fully saturated rings. The molecule has 0 aliphatic carbocycles. The number of hydrogen-bond donors (Lipinski definition) is 1. The van der Waals surface area contributed by atoms with E-state index in [0.29, 0.717) is 40.5 Å². The third-order valence-electron chi connectivity index (χ3n) is 5.47. The summed E-state index contributed by atoms with van der Waals surface area (Å²) in [6.45, 7) is 4.42. The zero-order valence-corrected chi connectivity index (χ0v) is 19.7. The molecule has 0 amide bonds. The van der Waals surface area contributed by atoms with Crippen molar-refractivity contribution in [2.45, 2.75) is 20.4 Å². The lowest BCUT2D eigenvalue weighted by Gasteiger charge is -2.12. The summed E-state index contributed by atoms with van der Waals surface area (Å²) < 4.78 is 13.1. The van der Waals surface area contributed by atoms with Gasteiger partial charge in [-0.25, -0.2) is 19.3 Å². The van der Waals surface area contributed by atoms with Crippen molar-refractivity contribution >= 4 is 34.8 Å². The number of carboxylic acids is 1. The van der Waals surface area contributed by atoms with Gasteiger partial charge >= 0.3 is 11.8 Å². The van der Waals surface area contributed by atoms with E-state index in [4.69, 9.17) is 9.47 Å². The lowest BCUT2D eigenvalue weighted by atomic mass is 10.1. The summed E-state index contributed by atoms with van der Waals surface area (Å²) in [5.74, 6) is 0.458. The predicted molar refractivity (Wildman–Crippen MR) is 134 cm³/mol. The topological polar surface area (TPSA) is 130 Å². The number of benzene rings is 2. The highest BCUT2D eigenvalue weighted by Gasteiger charge is 2.17. The second-order valence-corrected chi connectivity index (χ2v) is 7.81. The minimum absolute atomic E-state index is 0.0880. The van der Waals surface area contributed by atoms with Crippen LogP contribution in [0.2, 0.25) is 0 Å². The van der Waals surface area contributed by atoms with Crippen LogP contribution in [0.25, 0.3) is 23.1 Å². The van der Waals surface area contributed by atoms with Crippen LogP contribution in [0.4, 0.5) is 5.82 Å². The van der Waals surface area contributed by atoms with Crippen LogP contribution >= 0.6 is 0 Å². The van der Waals surface area contributed by atoms with Gasteiger partial charge in [0.25, 0.3) is 0 Å². The Hall–Kier alpha value is -4.73. The van der Waals surface area contributed by atoms with Crippen molar-refractivity contribution in [3.63, 3.8) is 0 Å². The molecule has 2 aromatic carbocycles. The Balaban J connectivity index is 1.53. The molecule has 0 atom stereocenters. The first-order chi connectivity index (χ1) is 17.4. The first-order valence-corrected chi connectivity index (χ1v) is 11.2. The number of aromatic nitrogens is 3. The molecule has 0 radical (unpaired) electrons. The Labute approximate surface area is 206 Å². The van der Waals surface area contributed by atoms with Gasteiger partial charge in [-0.05, 0) is 47.8 Å². The van der Waals surface area contributed by atoms with Crippen LogP contribution in [0, 0.1) is 17.0 Å². The minimum Gasteiger partial charge on any atom is -0.490 e. The SMILES string of the molecule is CCOc1cc(/C=C/c2cc(C(=O)O)c3ccccc3n2)ccc1OCCn1c([N+](=O)[O-])cnc1C. The highest BCUT2D eigenvalue weighted by molar-refractivity contribution is 6.03. The third kappa shape index (κ3) is 5.33. The molecule has 1 N–H and O–H groups in total. The van der Waals surface area contributed by atoms with E-state index in [1.54, 1.807) is 49.4 Å². The third-order valence-corrected chi connectivity index (χ3v) is 5.47. The van der Waals surface area contributed by atoms with E-state index in [2.05, 4.69) is 9.97 Å². The summed E-state index contributed by atoms with van der Waals surface area (Å²) in [6.07, 6.45) is 4.78. The van der Waals surface area contributed by atoms with Gasteiger partial charge in [-0.2, -0.15) is 0 Å². The number of aromatic carboxylic acids is 1. The number of nitro groups is 1. The van der Waals surface area contributed by atoms with Crippen LogP contribution in [0.1, 0.15) is 34.4 Å². The number of hydrogen-bond acceptors (Lipinski definition) is 7. The molecule has 2 heterocycles. The van der Waals surface area contributed by atoms with Crippen molar-refractivity contribution in [1.82, 2.24) is 14.5 Å². The molecule has 4 rings (SSSR count). The molecule has 10 nitrogen and oxygen atoms in total. The molecule has 0 spiro atoms. The van der Waals surface area contributed by atoms with E-state index in [1.807, 2.05) is 25.1 Å². The zero-order valence-electron chi connectivity index (χ0n) is 19.7. The Morgan fingerprint density at radius 1 is 1.14 bits per heavy atom. The average Bonchev–Trinajstić information content (AvgIpc) is 3.24. The molecular weight excluding hydrogens is 464 g/mol. The van der Waals surface area contributed by atoms with E-state index >= 15 is 0 Å². The van der Waals surface area contributed by atoms with Gasteiger partial charge in [0, 0.05) is 12.3 Å². The first-order valence-electron chi connectivity index (χ1n) is 11.2. The van der Waals surface area contributed by atoms with Crippen LogP contribution in [-0.4, -0.2) is 43.7 Å². The van der Waals surface area contributed by atoms with Gasteiger partial charge < -0.3 is 24.7 Å². The van der Waals surface area contributed by atoms with Crippen LogP contribution in [-0.2, 0) is 6.54 Å². The second kappa shape index (κ2) is 10.7. The van der Waals surface area contributed by atoms with Crippen molar-refractivity contribution in [2.75, 3.05) is 13.2 Å². The van der Waals surface area contributed by atoms with Crippen molar-refractivity contribution in [3.8, 4) is 11.5 Å². The van der Waals surface area contributed by atoms with Crippen LogP contribution in [0.3, 0.4) is 0 Å². The summed E-state index contributed by atoms with van der Waals surface area (Å²) in [7, 11) is 0. The molecule has 4 aromatic rings. The number of imidazole rings is 1. The Morgan fingerprint density at radius 2 is 1.94 bits per heavy atom. The summed E-state index contributed by atoms with van der Waals surface area (Å²) in [5.41, 5.74) is 2.11. The summed E-state index contributed by atoms with van der Waals surface area (Å²) >= 11 is 0. The molecule has 2 aromatic heterocycles. The van der Waals surface area contributed by atoms with Gasteiger partial charge in [0.15, 0.2) is 17.3 Å². The van der Waals surface area contributed by atoms with Gasteiger partial charge in [0.2, 0.25) is 0 Å². The normalized spacial score (nSPS) is 11.2. The fourth-order valence-electron chi connectivity index (χ4n) is 3.78. The zero-order chi connectivity index (χ0) is 25.7. The molecule has 0 bridgehead atoms. The maximum Gasteiger partial charge on any atom is 0.342 e. The van der Waals surface area contributed by atoms with Crippen molar-refractivity contribution in [1.29, 1.82) is 0 Å². The highest BCUT2D eigenvalue weighted by Crippen LogP contribution is 2.30. The Bertz CT molecular complexity index is 1460. The lowest BCUT2D eigenvalue weighted by molar-refractivity contribution is -0.392. The number of carboxylic acid groups (broad SMARTS) is 1. The fraction of sp³-hybridized carbons (Fsp3) is 0.192. The number of pyridine rings is 1. The van der Waals surface area contributed by atoms with Gasteiger partial charge in [-0.1, -0.05) is 30.3 Å². The summed E-state index contributed by atoms with van der Waals surface area (Å²) in [4.78, 5) is 30.9. The largest absolute Gasteiger partial charge is 0.490 e. The standard InChI is InChI=1S/C26H24N4O6/c1-3-35-24-14-18(8-10-19-15-21(26(31)32)20-6-4-5-7-22(20)28-19)9-11-23(24)36-13-12-29-17(2)27-16-25(29)30(33)34/h4-11,14-16H,3,12-13H2,1-2H3,(H,31,32)/b10-8+. The van der Waals surface area contributed by atoms with Gasteiger partial charge in [-0.15, -0.1) is 0 Å². The lowest BCUT2D eigenvalue weighted by Crippen LogP contribution is -2.12. The summed E-state index contributed by atoms with van der Waals surface area (Å²) in [5, 5.41) is 21.3. The van der Waals surface area contributed by atoms with E-state index < -0.39 is 10.9 Å². The van der Waals surface area contributed by atoms with Gasteiger partial charge in [0.1, 0.15) is 19.3 Å². The van der Waals surface area contributed by atoms with Crippen LogP contribution < -0.4 is 9.47 Å². The Kier molecular flexibility index (Phi) is 7.24. The van der Waals surface area contributed by atoms with Crippen LogP contribution in [0.15, 0.2) is 54.7 Å². The Morgan fingerprint density at radius 3 is 2.69 bits per heavy atom. The number of nitrogens with zero attached hydrogens (tertiary/aromatic N) is 4. The van der Waals surface area contributed by atoms with Gasteiger partial charge in [-0.3, -0.25) is 0 Å². The van der Waals surface area contributed by atoms with E-state index in [0.717, 1.165) is 5.56 Å². The van der Waals surface area contributed by atoms with E-state index in [-0.39, 0.29) is 24.5 Å². The van der Waals surface area contributed by atoms with E-state index in [1.165, 1.54) is 10.8 Å². The summed E-state index contributed by atoms with van der Waals surface area (Å²) in [6, 6.07) is 14.0. The van der Waals surface area contributed by atoms with Crippen molar-refractivity contribution < 1.29 is 24.3 Å². The van der Waals surface area contributed by atoms with Gasteiger partial charge in [0.05, 0.1) is 23.4 Å². The maximum atomic E-state index is 11.7. The second-order valence-electron chi connectivity index (χ2n) is 7.81. The van der Waals surface area contributed by atoms with Crippen LogP contribution in [0.5, 0.6) is 11.5 Å². The molecule has 10 heteroatoms. The predicted octanol–water partition coefficient (Wildman–Crippen LogP) is 4.99. The number of carbonyl (C=O) groups is 1. The fourth-order valence-corrected chi connectivity index (χ4v) is 3.78. The number of fused-ring (bicyclic) bond motifs is 1. The average molecular weight is 489 g/mol. The number of rotatable bonds is 10.